The molecular weight excluding hydrogens is 245 g/mol. The third kappa shape index (κ3) is 3.25. The summed E-state index contributed by atoms with van der Waals surface area (Å²) in [6.07, 6.45) is 2.04. The molecule has 0 radical (unpaired) electrons. The summed E-state index contributed by atoms with van der Waals surface area (Å²) in [5, 5.41) is 3.23. The van der Waals surface area contributed by atoms with E-state index < -0.39 is 0 Å². The van der Waals surface area contributed by atoms with Crippen LogP contribution in [0.15, 0.2) is 18.2 Å². The van der Waals surface area contributed by atoms with E-state index >= 15 is 0 Å². The van der Waals surface area contributed by atoms with Crippen LogP contribution in [0.1, 0.15) is 25.3 Å². The van der Waals surface area contributed by atoms with Crippen molar-refractivity contribution in [2.24, 2.45) is 0 Å². The van der Waals surface area contributed by atoms with E-state index in [1.54, 1.807) is 6.07 Å². The highest BCUT2D eigenvalue weighted by atomic mass is 19.1. The monoisotopic (exact) mass is 267 g/mol. The molecule has 0 heterocycles. The molecule has 1 aromatic rings. The van der Waals surface area contributed by atoms with Crippen molar-refractivity contribution in [2.45, 2.75) is 44.9 Å². The summed E-state index contributed by atoms with van der Waals surface area (Å²) in [6, 6.07) is 4.95. The van der Waals surface area contributed by atoms with Crippen LogP contribution in [0.4, 0.5) is 4.39 Å². The van der Waals surface area contributed by atoms with E-state index in [1.807, 2.05) is 14.0 Å². The number of nitrogens with one attached hydrogen (secondary N) is 1. The molecule has 0 aliphatic heterocycles. The fourth-order valence-corrected chi connectivity index (χ4v) is 2.36. The van der Waals surface area contributed by atoms with E-state index in [9.17, 15) is 4.39 Å². The highest BCUT2D eigenvalue weighted by Gasteiger charge is 2.43. The lowest BCUT2D eigenvalue weighted by atomic mass is 9.85. The third-order valence-electron chi connectivity index (χ3n) is 3.55. The topological polar surface area (TPSA) is 30.5 Å². The standard InChI is InChI=1S/C15H22FNO2/c1-4-7-18-15-12(17-3)9-14(15)19-13-6-5-11(16)8-10(13)2/h5-6,8,12,14-15,17H,4,7,9H2,1-3H3. The van der Waals surface area contributed by atoms with Crippen molar-refractivity contribution in [3.63, 3.8) is 0 Å². The largest absolute Gasteiger partial charge is 0.487 e. The van der Waals surface area contributed by atoms with Crippen LogP contribution in [0.3, 0.4) is 0 Å². The summed E-state index contributed by atoms with van der Waals surface area (Å²) in [5.74, 6) is 0.511. The summed E-state index contributed by atoms with van der Waals surface area (Å²) in [7, 11) is 1.94. The van der Waals surface area contributed by atoms with Crippen LogP contribution in [0.2, 0.25) is 0 Å². The fourth-order valence-electron chi connectivity index (χ4n) is 2.36. The third-order valence-corrected chi connectivity index (χ3v) is 3.55. The Hall–Kier alpha value is -1.13. The molecule has 2 rings (SSSR count). The van der Waals surface area contributed by atoms with E-state index in [-0.39, 0.29) is 18.0 Å². The Morgan fingerprint density at radius 2 is 2.21 bits per heavy atom. The van der Waals surface area contributed by atoms with Gasteiger partial charge in [-0.2, -0.15) is 0 Å². The average Bonchev–Trinajstić information content (AvgIpc) is 2.36. The SMILES string of the molecule is CCCOC1C(NC)CC1Oc1ccc(F)cc1C. The zero-order chi connectivity index (χ0) is 13.8. The van der Waals surface area contributed by atoms with Crippen LogP contribution in [-0.4, -0.2) is 31.9 Å². The first-order valence-corrected chi connectivity index (χ1v) is 6.87. The summed E-state index contributed by atoms with van der Waals surface area (Å²) < 4.78 is 24.8. The van der Waals surface area contributed by atoms with Gasteiger partial charge in [-0.25, -0.2) is 4.39 Å². The molecule has 19 heavy (non-hydrogen) atoms. The number of aryl methyl sites for hydroxylation is 1. The molecule has 1 saturated carbocycles. The van der Waals surface area contributed by atoms with Gasteiger partial charge in [0.2, 0.25) is 0 Å². The van der Waals surface area contributed by atoms with Crippen LogP contribution in [0.25, 0.3) is 0 Å². The van der Waals surface area contributed by atoms with E-state index in [4.69, 9.17) is 9.47 Å². The highest BCUT2D eigenvalue weighted by molar-refractivity contribution is 5.33. The van der Waals surface area contributed by atoms with Gasteiger partial charge in [-0.3, -0.25) is 0 Å². The molecule has 1 aliphatic carbocycles. The van der Waals surface area contributed by atoms with Gasteiger partial charge in [-0.1, -0.05) is 6.92 Å². The second-order valence-electron chi connectivity index (χ2n) is 5.03. The first-order chi connectivity index (χ1) is 9.15. The molecule has 3 nitrogen and oxygen atoms in total. The van der Waals surface area contributed by atoms with Gasteiger partial charge in [0.25, 0.3) is 0 Å². The van der Waals surface area contributed by atoms with Gasteiger partial charge >= 0.3 is 0 Å². The Balaban J connectivity index is 1.98. The number of likely N-dealkylation sites (N-methyl/N-ethyl adjacent to an activating group) is 1. The van der Waals surface area contributed by atoms with Gasteiger partial charge in [0.05, 0.1) is 0 Å². The van der Waals surface area contributed by atoms with Crippen molar-refractivity contribution in [3.05, 3.63) is 29.6 Å². The summed E-state index contributed by atoms with van der Waals surface area (Å²) in [5.41, 5.74) is 0.821. The first-order valence-electron chi connectivity index (χ1n) is 6.87. The van der Waals surface area contributed by atoms with Crippen molar-refractivity contribution in [3.8, 4) is 5.75 Å². The van der Waals surface area contributed by atoms with Crippen LogP contribution < -0.4 is 10.1 Å². The Bertz CT molecular complexity index is 425. The lowest BCUT2D eigenvalue weighted by molar-refractivity contribution is -0.106. The minimum Gasteiger partial charge on any atom is -0.487 e. The predicted molar refractivity (Wildman–Crippen MR) is 73.0 cm³/mol. The van der Waals surface area contributed by atoms with Crippen molar-refractivity contribution in [2.75, 3.05) is 13.7 Å². The van der Waals surface area contributed by atoms with E-state index in [0.29, 0.717) is 6.04 Å². The van der Waals surface area contributed by atoms with Crippen LogP contribution in [-0.2, 0) is 4.74 Å². The molecule has 106 valence electrons. The van der Waals surface area contributed by atoms with Crippen molar-refractivity contribution < 1.29 is 13.9 Å². The normalized spacial score (nSPS) is 26.0. The van der Waals surface area contributed by atoms with Gasteiger partial charge < -0.3 is 14.8 Å². The van der Waals surface area contributed by atoms with Gasteiger partial charge in [0, 0.05) is 19.1 Å². The maximum Gasteiger partial charge on any atom is 0.128 e. The van der Waals surface area contributed by atoms with Crippen molar-refractivity contribution >= 4 is 0 Å². The molecule has 1 N–H and O–H groups in total. The Kier molecular flexibility index (Phi) is 4.77. The number of benzene rings is 1. The molecule has 1 aromatic carbocycles. The molecule has 4 heteroatoms. The van der Waals surface area contributed by atoms with Gasteiger partial charge in [-0.05, 0) is 44.2 Å². The predicted octanol–water partition coefficient (Wildman–Crippen LogP) is 2.67. The molecule has 3 unspecified atom stereocenters. The van der Waals surface area contributed by atoms with Crippen LogP contribution >= 0.6 is 0 Å². The Morgan fingerprint density at radius 3 is 2.84 bits per heavy atom. The lowest BCUT2D eigenvalue weighted by Crippen LogP contribution is -2.60. The molecule has 0 aromatic heterocycles. The van der Waals surface area contributed by atoms with Gasteiger partial charge in [0.1, 0.15) is 23.8 Å². The molecule has 0 saturated heterocycles. The van der Waals surface area contributed by atoms with Crippen molar-refractivity contribution in [1.82, 2.24) is 5.32 Å². The van der Waals surface area contributed by atoms with E-state index in [2.05, 4.69) is 12.2 Å². The molecule has 1 aliphatic rings. The van der Waals surface area contributed by atoms with E-state index in [1.165, 1.54) is 12.1 Å². The molecule has 0 bridgehead atoms. The minimum atomic E-state index is -0.231. The maximum atomic E-state index is 13.1. The lowest BCUT2D eigenvalue weighted by Gasteiger charge is -2.43. The minimum absolute atomic E-state index is 0.0492. The number of halogens is 1. The first kappa shape index (κ1) is 14.3. The molecule has 3 atom stereocenters. The van der Waals surface area contributed by atoms with E-state index in [0.717, 1.165) is 30.8 Å². The van der Waals surface area contributed by atoms with Gasteiger partial charge in [0.15, 0.2) is 0 Å². The number of hydrogen-bond acceptors (Lipinski definition) is 3. The van der Waals surface area contributed by atoms with Crippen LogP contribution in [0.5, 0.6) is 5.75 Å². The quantitative estimate of drug-likeness (QED) is 0.859. The van der Waals surface area contributed by atoms with Gasteiger partial charge in [-0.15, -0.1) is 0 Å². The summed E-state index contributed by atoms with van der Waals surface area (Å²) in [4.78, 5) is 0. The number of hydrogen-bond donors (Lipinski definition) is 1. The number of ether oxygens (including phenoxy) is 2. The Morgan fingerprint density at radius 1 is 1.42 bits per heavy atom. The van der Waals surface area contributed by atoms with Crippen molar-refractivity contribution in [1.29, 1.82) is 0 Å². The highest BCUT2D eigenvalue weighted by Crippen LogP contribution is 2.30. The average molecular weight is 267 g/mol. The maximum absolute atomic E-state index is 13.1. The molecular formula is C15H22FNO2. The second kappa shape index (κ2) is 6.35. The van der Waals surface area contributed by atoms with Crippen LogP contribution in [0, 0.1) is 12.7 Å². The number of rotatable bonds is 6. The molecule has 0 spiro atoms. The molecule has 0 amide bonds. The summed E-state index contributed by atoms with van der Waals surface area (Å²) in [6.45, 7) is 4.69. The molecule has 1 fully saturated rings. The zero-order valence-electron chi connectivity index (χ0n) is 11.8. The second-order valence-corrected chi connectivity index (χ2v) is 5.03. The smallest absolute Gasteiger partial charge is 0.128 e. The Labute approximate surface area is 114 Å². The summed E-state index contributed by atoms with van der Waals surface area (Å²) >= 11 is 0. The zero-order valence-corrected chi connectivity index (χ0v) is 11.8. The fraction of sp³-hybridized carbons (Fsp3) is 0.600.